The summed E-state index contributed by atoms with van der Waals surface area (Å²) in [4.78, 5) is 16.5. The molecule has 1 amide bonds. The maximum atomic E-state index is 12.3. The topological polar surface area (TPSA) is 60.5 Å². The van der Waals surface area contributed by atoms with Crippen molar-refractivity contribution in [2.75, 3.05) is 17.7 Å². The molecule has 2 aromatic rings. The van der Waals surface area contributed by atoms with Crippen LogP contribution in [0.4, 0.5) is 5.69 Å². The van der Waals surface area contributed by atoms with Crippen LogP contribution in [0.25, 0.3) is 0 Å². The SMILES string of the molecule is CCOc1cc2c(cc1NC(=O)CSCc1ccccn1)O[C@H](C)C2. The van der Waals surface area contributed by atoms with Crippen LogP contribution in [0.1, 0.15) is 25.1 Å². The van der Waals surface area contributed by atoms with E-state index in [1.54, 1.807) is 6.20 Å². The molecule has 2 heterocycles. The Labute approximate surface area is 152 Å². The van der Waals surface area contributed by atoms with E-state index in [4.69, 9.17) is 9.47 Å². The van der Waals surface area contributed by atoms with Gasteiger partial charge in [0, 0.05) is 30.0 Å². The molecule has 1 aliphatic rings. The highest BCUT2D eigenvalue weighted by atomic mass is 32.2. The number of aromatic nitrogens is 1. The van der Waals surface area contributed by atoms with E-state index >= 15 is 0 Å². The number of carbonyl (C=O) groups is 1. The molecule has 0 fully saturated rings. The highest BCUT2D eigenvalue weighted by Crippen LogP contribution is 2.38. The third-order valence-electron chi connectivity index (χ3n) is 3.78. The van der Waals surface area contributed by atoms with Gasteiger partial charge in [0.1, 0.15) is 17.6 Å². The molecule has 5 nitrogen and oxygen atoms in total. The second kappa shape index (κ2) is 8.25. The first-order chi connectivity index (χ1) is 12.2. The van der Waals surface area contributed by atoms with Crippen molar-refractivity contribution in [1.82, 2.24) is 4.98 Å². The maximum absolute atomic E-state index is 12.3. The number of amides is 1. The Morgan fingerprint density at radius 1 is 1.44 bits per heavy atom. The summed E-state index contributed by atoms with van der Waals surface area (Å²) >= 11 is 1.53. The van der Waals surface area contributed by atoms with E-state index in [2.05, 4.69) is 10.3 Å². The number of nitrogens with zero attached hydrogens (tertiary/aromatic N) is 1. The Bertz CT molecular complexity index is 737. The summed E-state index contributed by atoms with van der Waals surface area (Å²) in [6.07, 6.45) is 2.78. The highest BCUT2D eigenvalue weighted by Gasteiger charge is 2.22. The van der Waals surface area contributed by atoms with Crippen LogP contribution in [0.2, 0.25) is 0 Å². The van der Waals surface area contributed by atoms with Crippen molar-refractivity contribution in [2.45, 2.75) is 32.1 Å². The first-order valence-electron chi connectivity index (χ1n) is 8.39. The van der Waals surface area contributed by atoms with Gasteiger partial charge in [-0.1, -0.05) is 6.07 Å². The van der Waals surface area contributed by atoms with Crippen molar-refractivity contribution in [3.05, 3.63) is 47.8 Å². The summed E-state index contributed by atoms with van der Waals surface area (Å²) in [7, 11) is 0. The molecule has 0 bridgehead atoms. The predicted molar refractivity (Wildman–Crippen MR) is 100 cm³/mol. The highest BCUT2D eigenvalue weighted by molar-refractivity contribution is 7.99. The van der Waals surface area contributed by atoms with E-state index in [0.29, 0.717) is 29.5 Å². The molecule has 6 heteroatoms. The Morgan fingerprint density at radius 2 is 2.32 bits per heavy atom. The fraction of sp³-hybridized carbons (Fsp3) is 0.368. The van der Waals surface area contributed by atoms with Crippen LogP contribution in [-0.2, 0) is 17.0 Å². The Kier molecular flexibility index (Phi) is 5.81. The smallest absolute Gasteiger partial charge is 0.234 e. The number of fused-ring (bicyclic) bond motifs is 1. The predicted octanol–water partition coefficient (Wildman–Crippen LogP) is 3.68. The monoisotopic (exact) mass is 358 g/mol. The number of benzene rings is 1. The molecule has 0 aliphatic carbocycles. The summed E-state index contributed by atoms with van der Waals surface area (Å²) < 4.78 is 11.5. The van der Waals surface area contributed by atoms with Gasteiger partial charge in [-0.2, -0.15) is 0 Å². The van der Waals surface area contributed by atoms with Gasteiger partial charge in [-0.3, -0.25) is 9.78 Å². The summed E-state index contributed by atoms with van der Waals surface area (Å²) in [5.41, 5.74) is 2.76. The number of anilines is 1. The molecule has 0 saturated carbocycles. The van der Waals surface area contributed by atoms with Crippen LogP contribution in [0.15, 0.2) is 36.5 Å². The quantitative estimate of drug-likeness (QED) is 0.818. The summed E-state index contributed by atoms with van der Waals surface area (Å²) in [5, 5.41) is 2.94. The molecule has 1 aliphatic heterocycles. The van der Waals surface area contributed by atoms with Gasteiger partial charge in [0.25, 0.3) is 0 Å². The third-order valence-corrected chi connectivity index (χ3v) is 4.75. The number of pyridine rings is 1. The fourth-order valence-corrected chi connectivity index (χ4v) is 3.47. The third kappa shape index (κ3) is 4.66. The molecule has 0 saturated heterocycles. The van der Waals surface area contributed by atoms with E-state index in [1.807, 2.05) is 44.2 Å². The number of hydrogen-bond acceptors (Lipinski definition) is 5. The maximum Gasteiger partial charge on any atom is 0.234 e. The van der Waals surface area contributed by atoms with Gasteiger partial charge < -0.3 is 14.8 Å². The molecule has 25 heavy (non-hydrogen) atoms. The van der Waals surface area contributed by atoms with Crippen molar-refractivity contribution in [3.8, 4) is 11.5 Å². The van der Waals surface area contributed by atoms with Crippen LogP contribution in [0, 0.1) is 0 Å². The van der Waals surface area contributed by atoms with Crippen LogP contribution in [-0.4, -0.2) is 29.4 Å². The largest absolute Gasteiger partial charge is 0.492 e. The molecular weight excluding hydrogens is 336 g/mol. The Balaban J connectivity index is 1.61. The van der Waals surface area contributed by atoms with Crippen molar-refractivity contribution < 1.29 is 14.3 Å². The van der Waals surface area contributed by atoms with Gasteiger partial charge in [0.15, 0.2) is 0 Å². The van der Waals surface area contributed by atoms with Crippen LogP contribution < -0.4 is 14.8 Å². The van der Waals surface area contributed by atoms with Gasteiger partial charge >= 0.3 is 0 Å². The molecule has 0 unspecified atom stereocenters. The zero-order valence-corrected chi connectivity index (χ0v) is 15.3. The van der Waals surface area contributed by atoms with Crippen molar-refractivity contribution in [3.63, 3.8) is 0 Å². The lowest BCUT2D eigenvalue weighted by Crippen LogP contribution is -2.15. The number of rotatable bonds is 7. The molecule has 1 aromatic carbocycles. The Morgan fingerprint density at radius 3 is 3.08 bits per heavy atom. The minimum absolute atomic E-state index is 0.0621. The first kappa shape index (κ1) is 17.6. The van der Waals surface area contributed by atoms with Crippen LogP contribution >= 0.6 is 11.8 Å². The second-order valence-corrected chi connectivity index (χ2v) is 6.87. The van der Waals surface area contributed by atoms with Crippen LogP contribution in [0.5, 0.6) is 11.5 Å². The van der Waals surface area contributed by atoms with E-state index in [1.165, 1.54) is 11.8 Å². The molecule has 1 aromatic heterocycles. The van der Waals surface area contributed by atoms with E-state index in [0.717, 1.165) is 23.4 Å². The van der Waals surface area contributed by atoms with Gasteiger partial charge in [-0.05, 0) is 32.0 Å². The number of hydrogen-bond donors (Lipinski definition) is 1. The normalized spacial score (nSPS) is 15.4. The number of thioether (sulfide) groups is 1. The Hall–Kier alpha value is -2.21. The average molecular weight is 358 g/mol. The zero-order chi connectivity index (χ0) is 17.6. The lowest BCUT2D eigenvalue weighted by Gasteiger charge is -2.13. The van der Waals surface area contributed by atoms with Crippen molar-refractivity contribution in [1.29, 1.82) is 0 Å². The molecule has 0 spiro atoms. The zero-order valence-electron chi connectivity index (χ0n) is 14.5. The first-order valence-corrected chi connectivity index (χ1v) is 9.55. The molecular formula is C19H22N2O3S. The van der Waals surface area contributed by atoms with E-state index in [-0.39, 0.29) is 12.0 Å². The van der Waals surface area contributed by atoms with Gasteiger partial charge in [-0.25, -0.2) is 0 Å². The molecule has 1 atom stereocenters. The van der Waals surface area contributed by atoms with Gasteiger partial charge in [-0.15, -0.1) is 11.8 Å². The molecule has 132 valence electrons. The van der Waals surface area contributed by atoms with Gasteiger partial charge in [0.05, 0.1) is 23.7 Å². The second-order valence-electron chi connectivity index (χ2n) is 5.88. The number of nitrogens with one attached hydrogen (secondary N) is 1. The van der Waals surface area contributed by atoms with Gasteiger partial charge in [0.2, 0.25) is 5.91 Å². The summed E-state index contributed by atoms with van der Waals surface area (Å²) in [6, 6.07) is 9.62. The lowest BCUT2D eigenvalue weighted by molar-refractivity contribution is -0.113. The molecule has 0 radical (unpaired) electrons. The van der Waals surface area contributed by atoms with E-state index in [9.17, 15) is 4.79 Å². The molecule has 1 N–H and O–H groups in total. The van der Waals surface area contributed by atoms with Crippen molar-refractivity contribution >= 4 is 23.4 Å². The minimum Gasteiger partial charge on any atom is -0.492 e. The summed E-state index contributed by atoms with van der Waals surface area (Å²) in [6.45, 7) is 4.51. The molecule has 3 rings (SSSR count). The minimum atomic E-state index is -0.0621. The number of carbonyl (C=O) groups excluding carboxylic acids is 1. The standard InChI is InChI=1S/C19H22N2O3S/c1-3-23-18-9-14-8-13(2)24-17(14)10-16(18)21-19(22)12-25-11-15-6-4-5-7-20-15/h4-7,9-10,13H,3,8,11-12H2,1-2H3,(H,21,22)/t13-/m1/s1. The lowest BCUT2D eigenvalue weighted by atomic mass is 10.1. The fourth-order valence-electron chi connectivity index (χ4n) is 2.73. The summed E-state index contributed by atoms with van der Waals surface area (Å²) in [5.74, 6) is 2.52. The number of ether oxygens (including phenoxy) is 2. The van der Waals surface area contributed by atoms with Crippen LogP contribution in [0.3, 0.4) is 0 Å². The average Bonchev–Trinajstić information content (AvgIpc) is 2.95. The van der Waals surface area contributed by atoms with Crippen molar-refractivity contribution in [2.24, 2.45) is 0 Å². The van der Waals surface area contributed by atoms with E-state index < -0.39 is 0 Å².